The van der Waals surface area contributed by atoms with Crippen LogP contribution in [0.15, 0.2) is 28.1 Å². The molecule has 0 spiro atoms. The van der Waals surface area contributed by atoms with Crippen LogP contribution in [0.2, 0.25) is 0 Å². The zero-order chi connectivity index (χ0) is 14.0. The van der Waals surface area contributed by atoms with Crippen LogP contribution in [0, 0.1) is 5.92 Å². The van der Waals surface area contributed by atoms with Gasteiger partial charge in [-0.15, -0.1) is 0 Å². The maximum Gasteiger partial charge on any atom is 0.349 e. The fraction of sp³-hybridized carbons (Fsp3) is 0.273. The zero-order valence-corrected chi connectivity index (χ0v) is 11.3. The van der Waals surface area contributed by atoms with Gasteiger partial charge in [0.15, 0.2) is 5.92 Å². The third-order valence-corrected chi connectivity index (χ3v) is 3.23. The van der Waals surface area contributed by atoms with E-state index in [-0.39, 0.29) is 5.71 Å². The number of hydrogen-bond acceptors (Lipinski definition) is 6. The van der Waals surface area contributed by atoms with Crippen LogP contribution >= 0.6 is 15.9 Å². The van der Waals surface area contributed by atoms with Crippen molar-refractivity contribution in [2.75, 3.05) is 7.11 Å². The SMILES string of the molecule is COC(=O)C1C(c2cccnc2Br)=NOC1C(=O)O. The number of methoxy groups -OCH3 is 1. The van der Waals surface area contributed by atoms with Gasteiger partial charge in [-0.2, -0.15) is 0 Å². The Morgan fingerprint density at radius 1 is 1.53 bits per heavy atom. The van der Waals surface area contributed by atoms with Crippen molar-refractivity contribution in [3.63, 3.8) is 0 Å². The number of carboxylic acid groups (broad SMARTS) is 1. The Labute approximate surface area is 116 Å². The first kappa shape index (κ1) is 13.5. The van der Waals surface area contributed by atoms with Crippen LogP contribution < -0.4 is 0 Å². The van der Waals surface area contributed by atoms with Crippen LogP contribution in [-0.4, -0.2) is 41.0 Å². The lowest BCUT2D eigenvalue weighted by atomic mass is 9.93. The Bertz CT molecular complexity index is 560. The van der Waals surface area contributed by atoms with Gasteiger partial charge < -0.3 is 14.7 Å². The molecule has 19 heavy (non-hydrogen) atoms. The van der Waals surface area contributed by atoms with Crippen LogP contribution in [0.4, 0.5) is 0 Å². The Hall–Kier alpha value is -1.96. The summed E-state index contributed by atoms with van der Waals surface area (Å²) in [6.45, 7) is 0. The molecule has 0 bridgehead atoms. The predicted molar refractivity (Wildman–Crippen MR) is 66.5 cm³/mol. The first-order valence-electron chi connectivity index (χ1n) is 5.21. The van der Waals surface area contributed by atoms with Gasteiger partial charge >= 0.3 is 11.9 Å². The summed E-state index contributed by atoms with van der Waals surface area (Å²) in [4.78, 5) is 31.6. The monoisotopic (exact) mass is 328 g/mol. The maximum absolute atomic E-state index is 11.7. The quantitative estimate of drug-likeness (QED) is 0.651. The van der Waals surface area contributed by atoms with Gasteiger partial charge in [0, 0.05) is 11.8 Å². The number of rotatable bonds is 3. The molecule has 2 rings (SSSR count). The molecule has 1 aromatic rings. The molecule has 1 N–H and O–H groups in total. The van der Waals surface area contributed by atoms with E-state index in [1.807, 2.05) is 0 Å². The summed E-state index contributed by atoms with van der Waals surface area (Å²) in [5.74, 6) is -3.13. The number of carboxylic acids is 1. The minimum absolute atomic E-state index is 0.180. The van der Waals surface area contributed by atoms with Crippen LogP contribution in [0.25, 0.3) is 0 Å². The number of pyridine rings is 1. The second-order valence-electron chi connectivity index (χ2n) is 3.68. The summed E-state index contributed by atoms with van der Waals surface area (Å²) in [6, 6.07) is 3.30. The van der Waals surface area contributed by atoms with Crippen LogP contribution in [0.5, 0.6) is 0 Å². The minimum Gasteiger partial charge on any atom is -0.478 e. The highest BCUT2D eigenvalue weighted by Gasteiger charge is 2.46. The molecule has 100 valence electrons. The first-order chi connectivity index (χ1) is 9.06. The minimum atomic E-state index is -1.39. The number of aromatic nitrogens is 1. The average Bonchev–Trinajstić information content (AvgIpc) is 2.83. The number of esters is 1. The van der Waals surface area contributed by atoms with E-state index in [0.717, 1.165) is 0 Å². The van der Waals surface area contributed by atoms with Gasteiger partial charge in [0.2, 0.25) is 6.10 Å². The maximum atomic E-state index is 11.7. The smallest absolute Gasteiger partial charge is 0.349 e. The lowest BCUT2D eigenvalue weighted by Gasteiger charge is -2.13. The molecular weight excluding hydrogens is 320 g/mol. The molecule has 7 nitrogen and oxygen atoms in total. The topological polar surface area (TPSA) is 98.1 Å². The third kappa shape index (κ3) is 2.43. The van der Waals surface area contributed by atoms with Crippen LogP contribution in [0.1, 0.15) is 5.56 Å². The Morgan fingerprint density at radius 2 is 2.26 bits per heavy atom. The molecule has 2 heterocycles. The third-order valence-electron chi connectivity index (χ3n) is 2.60. The van der Waals surface area contributed by atoms with E-state index in [2.05, 4.69) is 30.8 Å². The van der Waals surface area contributed by atoms with Crippen molar-refractivity contribution in [1.29, 1.82) is 0 Å². The number of halogens is 1. The molecule has 2 unspecified atom stereocenters. The number of aliphatic carboxylic acids is 1. The number of carbonyl (C=O) groups is 2. The van der Waals surface area contributed by atoms with E-state index in [4.69, 9.17) is 9.94 Å². The lowest BCUT2D eigenvalue weighted by Crippen LogP contribution is -2.37. The second kappa shape index (κ2) is 5.35. The van der Waals surface area contributed by atoms with Gasteiger partial charge in [-0.3, -0.25) is 4.79 Å². The molecule has 1 aliphatic heterocycles. The Kier molecular flexibility index (Phi) is 3.79. The molecule has 0 radical (unpaired) electrons. The van der Waals surface area contributed by atoms with Gasteiger partial charge in [0.25, 0.3) is 0 Å². The fourth-order valence-corrected chi connectivity index (χ4v) is 2.17. The van der Waals surface area contributed by atoms with Crippen LogP contribution in [-0.2, 0) is 19.2 Å². The van der Waals surface area contributed by atoms with E-state index in [1.165, 1.54) is 7.11 Å². The van der Waals surface area contributed by atoms with Crippen molar-refractivity contribution in [2.24, 2.45) is 11.1 Å². The lowest BCUT2D eigenvalue weighted by molar-refractivity contribution is -0.159. The highest BCUT2D eigenvalue weighted by atomic mass is 79.9. The summed E-state index contributed by atoms with van der Waals surface area (Å²) >= 11 is 3.21. The standard InChI is InChI=1S/C11H9BrN2O5/c1-18-11(17)6-7(14-19-8(6)10(15)16)5-3-2-4-13-9(5)12/h2-4,6,8H,1H3,(H,15,16). The summed E-state index contributed by atoms with van der Waals surface area (Å²) in [5.41, 5.74) is 0.667. The molecule has 0 aliphatic carbocycles. The molecule has 0 amide bonds. The molecule has 0 saturated carbocycles. The van der Waals surface area contributed by atoms with Gasteiger partial charge in [-0.25, -0.2) is 9.78 Å². The van der Waals surface area contributed by atoms with Crippen molar-refractivity contribution >= 4 is 33.6 Å². The highest BCUT2D eigenvalue weighted by Crippen LogP contribution is 2.27. The number of oxime groups is 1. The molecule has 8 heteroatoms. The van der Waals surface area contributed by atoms with E-state index in [1.54, 1.807) is 18.3 Å². The molecule has 0 fully saturated rings. The normalized spacial score (nSPS) is 21.5. The van der Waals surface area contributed by atoms with Crippen LogP contribution in [0.3, 0.4) is 0 Å². The molecule has 1 aliphatic rings. The Morgan fingerprint density at radius 3 is 2.84 bits per heavy atom. The highest BCUT2D eigenvalue weighted by molar-refractivity contribution is 9.10. The predicted octanol–water partition coefficient (Wildman–Crippen LogP) is 0.821. The summed E-state index contributed by atoms with van der Waals surface area (Å²) in [6.07, 6.45) is 0.153. The van der Waals surface area contributed by atoms with Crippen molar-refractivity contribution in [1.82, 2.24) is 4.98 Å². The number of carbonyl (C=O) groups excluding carboxylic acids is 1. The van der Waals surface area contributed by atoms with Crippen molar-refractivity contribution in [2.45, 2.75) is 6.10 Å². The number of ether oxygens (including phenoxy) is 1. The largest absolute Gasteiger partial charge is 0.478 e. The van der Waals surface area contributed by atoms with E-state index < -0.39 is 24.0 Å². The summed E-state index contributed by atoms with van der Waals surface area (Å²) < 4.78 is 5.05. The number of nitrogens with zero attached hydrogens (tertiary/aromatic N) is 2. The van der Waals surface area contributed by atoms with Crippen molar-refractivity contribution in [3.05, 3.63) is 28.5 Å². The molecule has 1 aromatic heterocycles. The molecule has 2 atom stereocenters. The van der Waals surface area contributed by atoms with Crippen molar-refractivity contribution < 1.29 is 24.3 Å². The number of hydrogen-bond donors (Lipinski definition) is 1. The zero-order valence-electron chi connectivity index (χ0n) is 9.74. The fourth-order valence-electron chi connectivity index (χ4n) is 1.72. The molecule has 0 aromatic carbocycles. The summed E-state index contributed by atoms with van der Waals surface area (Å²) in [5, 5.41) is 12.7. The first-order valence-corrected chi connectivity index (χ1v) is 6.00. The van der Waals surface area contributed by atoms with Gasteiger partial charge in [0.05, 0.1) is 7.11 Å². The van der Waals surface area contributed by atoms with Gasteiger partial charge in [-0.1, -0.05) is 5.16 Å². The Balaban J connectivity index is 2.43. The molecule has 0 saturated heterocycles. The van der Waals surface area contributed by atoms with Gasteiger partial charge in [-0.05, 0) is 28.1 Å². The summed E-state index contributed by atoms with van der Waals surface area (Å²) in [7, 11) is 1.18. The average molecular weight is 329 g/mol. The second-order valence-corrected chi connectivity index (χ2v) is 4.43. The van der Waals surface area contributed by atoms with E-state index in [0.29, 0.717) is 10.2 Å². The van der Waals surface area contributed by atoms with E-state index >= 15 is 0 Å². The van der Waals surface area contributed by atoms with Gasteiger partial charge in [0.1, 0.15) is 10.3 Å². The van der Waals surface area contributed by atoms with E-state index in [9.17, 15) is 9.59 Å². The van der Waals surface area contributed by atoms with Crippen molar-refractivity contribution in [3.8, 4) is 0 Å². The molecular formula is C11H9BrN2O5.